The van der Waals surface area contributed by atoms with Crippen molar-refractivity contribution in [3.05, 3.63) is 48.2 Å². The molecule has 0 bridgehead atoms. The highest BCUT2D eigenvalue weighted by molar-refractivity contribution is 5.97. The van der Waals surface area contributed by atoms with Crippen LogP contribution >= 0.6 is 0 Å². The van der Waals surface area contributed by atoms with E-state index in [0.29, 0.717) is 5.56 Å². The number of nitrogens with one attached hydrogen (secondary N) is 3. The Morgan fingerprint density at radius 3 is 2.28 bits per heavy atom. The number of carbonyl (C=O) groups is 2. The second-order valence-corrected chi connectivity index (χ2v) is 6.91. The lowest BCUT2D eigenvalue weighted by atomic mass is 10.0. The van der Waals surface area contributed by atoms with E-state index in [0.717, 1.165) is 30.0 Å². The minimum absolute atomic E-state index is 0.320. The SMILES string of the molecule is C[C@@H](O)[C@H](NC(=O)c1ccc(-c2ccc(NCCN(C)C)nc2)cc1)C(=O)NO. The molecule has 5 N–H and O–H groups in total. The maximum Gasteiger partial charge on any atom is 0.268 e. The lowest BCUT2D eigenvalue weighted by molar-refractivity contribution is -0.133. The summed E-state index contributed by atoms with van der Waals surface area (Å²) in [6, 6.07) is 9.35. The number of likely N-dealkylation sites (N-methyl/N-ethyl adjacent to an activating group) is 1. The molecule has 2 atom stereocenters. The van der Waals surface area contributed by atoms with Gasteiger partial charge in [-0.05, 0) is 50.8 Å². The first-order valence-corrected chi connectivity index (χ1v) is 9.19. The summed E-state index contributed by atoms with van der Waals surface area (Å²) in [6.45, 7) is 3.04. The van der Waals surface area contributed by atoms with Gasteiger partial charge in [0, 0.05) is 30.4 Å². The van der Waals surface area contributed by atoms with Gasteiger partial charge < -0.3 is 20.6 Å². The molecule has 0 unspecified atom stereocenters. The summed E-state index contributed by atoms with van der Waals surface area (Å²) in [5.41, 5.74) is 3.53. The Morgan fingerprint density at radius 2 is 1.76 bits per heavy atom. The molecule has 0 fully saturated rings. The molecule has 1 aromatic carbocycles. The third-order valence-electron chi connectivity index (χ3n) is 4.27. The summed E-state index contributed by atoms with van der Waals surface area (Å²) >= 11 is 0. The molecule has 0 radical (unpaired) electrons. The van der Waals surface area contributed by atoms with Gasteiger partial charge in [-0.3, -0.25) is 14.8 Å². The third-order valence-corrected chi connectivity index (χ3v) is 4.27. The maximum absolute atomic E-state index is 12.3. The topological polar surface area (TPSA) is 127 Å². The van der Waals surface area contributed by atoms with Crippen LogP contribution in [-0.4, -0.2) is 71.3 Å². The molecule has 2 aromatic rings. The second kappa shape index (κ2) is 10.5. The van der Waals surface area contributed by atoms with Crippen LogP contribution in [-0.2, 0) is 4.79 Å². The predicted molar refractivity (Wildman–Crippen MR) is 110 cm³/mol. The molecule has 9 heteroatoms. The number of aliphatic hydroxyl groups excluding tert-OH is 1. The molecular formula is C20H27N5O4. The van der Waals surface area contributed by atoms with E-state index in [4.69, 9.17) is 5.21 Å². The van der Waals surface area contributed by atoms with Crippen LogP contribution in [0.5, 0.6) is 0 Å². The monoisotopic (exact) mass is 401 g/mol. The van der Waals surface area contributed by atoms with Gasteiger partial charge >= 0.3 is 0 Å². The van der Waals surface area contributed by atoms with Gasteiger partial charge in [-0.1, -0.05) is 12.1 Å². The molecule has 0 aliphatic carbocycles. The summed E-state index contributed by atoms with van der Waals surface area (Å²) in [5, 5.41) is 24.0. The molecule has 1 aromatic heterocycles. The summed E-state index contributed by atoms with van der Waals surface area (Å²) < 4.78 is 0. The molecule has 0 saturated heterocycles. The van der Waals surface area contributed by atoms with Crippen molar-refractivity contribution in [2.24, 2.45) is 0 Å². The largest absolute Gasteiger partial charge is 0.391 e. The number of carbonyl (C=O) groups excluding carboxylic acids is 2. The second-order valence-electron chi connectivity index (χ2n) is 6.91. The van der Waals surface area contributed by atoms with Crippen LogP contribution in [0.1, 0.15) is 17.3 Å². The summed E-state index contributed by atoms with van der Waals surface area (Å²) in [7, 11) is 4.02. The van der Waals surface area contributed by atoms with Crippen molar-refractivity contribution in [3.8, 4) is 11.1 Å². The highest BCUT2D eigenvalue weighted by atomic mass is 16.5. The Kier molecular flexibility index (Phi) is 8.08. The Balaban J connectivity index is 2.02. The van der Waals surface area contributed by atoms with Crippen LogP contribution < -0.4 is 16.1 Å². The molecule has 0 spiro atoms. The van der Waals surface area contributed by atoms with Crippen molar-refractivity contribution in [1.82, 2.24) is 20.7 Å². The zero-order valence-corrected chi connectivity index (χ0v) is 16.7. The quantitative estimate of drug-likeness (QED) is 0.309. The Morgan fingerprint density at radius 1 is 1.10 bits per heavy atom. The minimum atomic E-state index is -1.26. The van der Waals surface area contributed by atoms with Gasteiger partial charge in [0.15, 0.2) is 0 Å². The first-order chi connectivity index (χ1) is 13.8. The van der Waals surface area contributed by atoms with E-state index in [1.165, 1.54) is 12.4 Å². The van der Waals surface area contributed by atoms with E-state index in [1.807, 2.05) is 26.2 Å². The van der Waals surface area contributed by atoms with E-state index in [1.54, 1.807) is 30.5 Å². The van der Waals surface area contributed by atoms with Crippen LogP contribution in [0.15, 0.2) is 42.6 Å². The van der Waals surface area contributed by atoms with E-state index in [-0.39, 0.29) is 0 Å². The molecule has 2 amide bonds. The fourth-order valence-corrected chi connectivity index (χ4v) is 2.59. The zero-order chi connectivity index (χ0) is 21.4. The lowest BCUT2D eigenvalue weighted by Crippen LogP contribution is -2.51. The Hall–Kier alpha value is -3.01. The molecule has 0 aliphatic heterocycles. The lowest BCUT2D eigenvalue weighted by Gasteiger charge is -2.19. The van der Waals surface area contributed by atoms with Crippen molar-refractivity contribution < 1.29 is 19.9 Å². The number of hydrogen-bond donors (Lipinski definition) is 5. The van der Waals surface area contributed by atoms with Gasteiger partial charge in [0.2, 0.25) is 0 Å². The minimum Gasteiger partial charge on any atom is -0.391 e. The molecular weight excluding hydrogens is 374 g/mol. The first kappa shape index (κ1) is 22.3. The van der Waals surface area contributed by atoms with Crippen LogP contribution in [0.2, 0.25) is 0 Å². The molecule has 9 nitrogen and oxygen atoms in total. The third kappa shape index (κ3) is 6.53. The Labute approximate surface area is 169 Å². The fourth-order valence-electron chi connectivity index (χ4n) is 2.59. The zero-order valence-electron chi connectivity index (χ0n) is 16.7. The smallest absolute Gasteiger partial charge is 0.268 e. The van der Waals surface area contributed by atoms with Crippen molar-refractivity contribution in [3.63, 3.8) is 0 Å². The average Bonchev–Trinajstić information content (AvgIpc) is 2.71. The number of aromatic nitrogens is 1. The highest BCUT2D eigenvalue weighted by Gasteiger charge is 2.25. The molecule has 29 heavy (non-hydrogen) atoms. The number of rotatable bonds is 9. The molecule has 0 saturated carbocycles. The highest BCUT2D eigenvalue weighted by Crippen LogP contribution is 2.20. The number of nitrogens with zero attached hydrogens (tertiary/aromatic N) is 2. The fraction of sp³-hybridized carbons (Fsp3) is 0.350. The van der Waals surface area contributed by atoms with Crippen LogP contribution in [0.3, 0.4) is 0 Å². The van der Waals surface area contributed by atoms with Gasteiger partial charge in [0.05, 0.1) is 6.10 Å². The number of benzene rings is 1. The van der Waals surface area contributed by atoms with E-state index in [2.05, 4.69) is 20.5 Å². The van der Waals surface area contributed by atoms with Gasteiger partial charge in [-0.2, -0.15) is 0 Å². The van der Waals surface area contributed by atoms with Gasteiger partial charge in [0.1, 0.15) is 11.9 Å². The number of hydroxylamine groups is 1. The number of amides is 2. The summed E-state index contributed by atoms with van der Waals surface area (Å²) in [4.78, 5) is 30.3. The molecule has 156 valence electrons. The average molecular weight is 401 g/mol. The van der Waals surface area contributed by atoms with Gasteiger partial charge in [0.25, 0.3) is 11.8 Å². The van der Waals surface area contributed by atoms with Crippen molar-refractivity contribution >= 4 is 17.6 Å². The van der Waals surface area contributed by atoms with Crippen LogP contribution in [0.25, 0.3) is 11.1 Å². The number of aliphatic hydroxyl groups is 1. The number of hydrogen-bond acceptors (Lipinski definition) is 7. The standard InChI is InChI=1S/C20H27N5O4/c1-13(26)18(20(28)24-29)23-19(27)15-6-4-14(5-7-15)16-8-9-17(22-12-16)21-10-11-25(2)3/h4-9,12-13,18,26,29H,10-11H2,1-3H3,(H,21,22)(H,23,27)(H,24,28)/t13-,18+/m1/s1. The van der Waals surface area contributed by atoms with E-state index in [9.17, 15) is 14.7 Å². The van der Waals surface area contributed by atoms with Crippen molar-refractivity contribution in [1.29, 1.82) is 0 Å². The molecule has 1 heterocycles. The van der Waals surface area contributed by atoms with E-state index < -0.39 is 24.0 Å². The van der Waals surface area contributed by atoms with Crippen molar-refractivity contribution in [2.75, 3.05) is 32.5 Å². The molecule has 0 aliphatic rings. The van der Waals surface area contributed by atoms with Crippen molar-refractivity contribution in [2.45, 2.75) is 19.1 Å². The summed E-state index contributed by atoms with van der Waals surface area (Å²) in [6.07, 6.45) is 0.587. The number of pyridine rings is 1. The normalized spacial score (nSPS) is 12.9. The molecule has 2 rings (SSSR count). The van der Waals surface area contributed by atoms with Gasteiger partial charge in [-0.15, -0.1) is 0 Å². The predicted octanol–water partition coefficient (Wildman–Crippen LogP) is 0.707. The van der Waals surface area contributed by atoms with E-state index >= 15 is 0 Å². The summed E-state index contributed by atoms with van der Waals surface area (Å²) in [5.74, 6) is -0.641. The number of anilines is 1. The van der Waals surface area contributed by atoms with Crippen LogP contribution in [0, 0.1) is 0 Å². The maximum atomic E-state index is 12.3. The van der Waals surface area contributed by atoms with Crippen LogP contribution in [0.4, 0.5) is 5.82 Å². The first-order valence-electron chi connectivity index (χ1n) is 9.19. The Bertz CT molecular complexity index is 807. The van der Waals surface area contributed by atoms with Gasteiger partial charge in [-0.25, -0.2) is 10.5 Å².